The van der Waals surface area contributed by atoms with E-state index in [0.717, 1.165) is 56.4 Å². The molecule has 7 heteroatoms. The van der Waals surface area contributed by atoms with Crippen LogP contribution >= 0.6 is 0 Å². The molecule has 1 amide bonds. The summed E-state index contributed by atoms with van der Waals surface area (Å²) < 4.78 is 5.48. The third-order valence-corrected chi connectivity index (χ3v) is 7.88. The first-order valence-electron chi connectivity index (χ1n) is 13.8. The lowest BCUT2D eigenvalue weighted by Crippen LogP contribution is -2.36. The zero-order valence-electron chi connectivity index (χ0n) is 24.5. The minimum atomic E-state index is -0.469. The molecule has 0 spiro atoms. The van der Waals surface area contributed by atoms with Crippen molar-refractivity contribution in [2.24, 2.45) is 11.3 Å². The number of nitrogens with zero attached hydrogens (tertiary/aromatic N) is 1. The van der Waals surface area contributed by atoms with E-state index in [-0.39, 0.29) is 16.3 Å². The third kappa shape index (κ3) is 9.13. The summed E-state index contributed by atoms with van der Waals surface area (Å²) in [6.07, 6.45) is 3.82. The lowest BCUT2D eigenvalue weighted by atomic mass is 9.88. The maximum absolute atomic E-state index is 11.9. The molecule has 2 aromatic rings. The number of H-pyrrole nitrogens is 1. The molecule has 0 atom stereocenters. The molecular weight excluding hydrogens is 482 g/mol. The number of alkyl carbamates (subject to hydrolysis) is 1. The zero-order valence-corrected chi connectivity index (χ0v) is 25.4. The van der Waals surface area contributed by atoms with Crippen LogP contribution in [0, 0.1) is 11.3 Å². The van der Waals surface area contributed by atoms with Crippen LogP contribution in [-0.2, 0) is 29.5 Å². The van der Waals surface area contributed by atoms with E-state index in [1.807, 2.05) is 26.8 Å². The van der Waals surface area contributed by atoms with Crippen molar-refractivity contribution in [3.63, 3.8) is 0 Å². The number of benzene rings is 1. The summed E-state index contributed by atoms with van der Waals surface area (Å²) in [7, 11) is 0. The Labute approximate surface area is 228 Å². The molecule has 1 aromatic heterocycles. The van der Waals surface area contributed by atoms with Crippen LogP contribution in [-0.4, -0.2) is 51.1 Å². The van der Waals surface area contributed by atoms with Gasteiger partial charge in [-0.1, -0.05) is 20.8 Å². The largest absolute Gasteiger partial charge is 0.508 e. The Hall–Kier alpha value is -1.86. The summed E-state index contributed by atoms with van der Waals surface area (Å²) in [5.41, 5.74) is 3.19. The van der Waals surface area contributed by atoms with Gasteiger partial charge in [0.05, 0.1) is 5.52 Å². The first-order chi connectivity index (χ1) is 17.0. The van der Waals surface area contributed by atoms with E-state index >= 15 is 0 Å². The molecule has 0 unspecified atom stereocenters. The average molecular weight is 533 g/mol. The van der Waals surface area contributed by atoms with Crippen LogP contribution in [0.3, 0.4) is 0 Å². The average Bonchev–Trinajstić information content (AvgIpc) is 3.04. The molecular formula is C30H50N3O3S+. The molecule has 0 radical (unpaired) electrons. The second-order valence-corrected chi connectivity index (χ2v) is 15.9. The molecule has 3 N–H and O–H groups in total. The monoisotopic (exact) mass is 532 g/mol. The van der Waals surface area contributed by atoms with Crippen LogP contribution < -0.4 is 5.32 Å². The van der Waals surface area contributed by atoms with Crippen LogP contribution in [0.1, 0.15) is 92.7 Å². The topological polar surface area (TPSA) is 77.6 Å². The van der Waals surface area contributed by atoms with E-state index in [4.69, 9.17) is 4.74 Å². The summed E-state index contributed by atoms with van der Waals surface area (Å²) in [5, 5.41) is 16.3. The second kappa shape index (κ2) is 11.5. The Kier molecular flexibility index (Phi) is 9.22. The summed E-state index contributed by atoms with van der Waals surface area (Å²) in [4.78, 5) is 18.1. The number of aromatic hydroxyl groups is 1. The number of carbonyl (C=O) groups excluding carboxylic acids is 1. The van der Waals surface area contributed by atoms with Crippen LogP contribution in [0.5, 0.6) is 5.75 Å². The Bertz CT molecular complexity index is 1060. The normalized spacial score (nSPS) is 16.4. The molecule has 1 aliphatic heterocycles. The number of hydrogen-bond acceptors (Lipinski definition) is 4. The molecule has 208 valence electrons. The summed E-state index contributed by atoms with van der Waals surface area (Å²) in [6, 6.07) is 3.97. The SMILES string of the molecule is CC(C)(C)Cc1c([SH+]C(C)(C)C)[nH]c2c(CN3CCC(CCNC(=O)OC(C)(C)C)CC3)c(O)ccc12. The van der Waals surface area contributed by atoms with E-state index < -0.39 is 5.60 Å². The van der Waals surface area contributed by atoms with Crippen molar-refractivity contribution in [2.45, 2.75) is 110 Å². The molecule has 1 aromatic carbocycles. The van der Waals surface area contributed by atoms with Crippen molar-refractivity contribution >= 4 is 28.8 Å². The van der Waals surface area contributed by atoms with Gasteiger partial charge in [0.15, 0.2) is 0 Å². The van der Waals surface area contributed by atoms with Crippen molar-refractivity contribution in [2.75, 3.05) is 19.6 Å². The van der Waals surface area contributed by atoms with E-state index in [9.17, 15) is 9.90 Å². The smallest absolute Gasteiger partial charge is 0.407 e. The van der Waals surface area contributed by atoms with E-state index in [1.54, 1.807) is 0 Å². The molecule has 37 heavy (non-hydrogen) atoms. The number of phenols is 1. The van der Waals surface area contributed by atoms with Gasteiger partial charge in [-0.15, -0.1) is 0 Å². The van der Waals surface area contributed by atoms with Crippen LogP contribution in [0.15, 0.2) is 17.2 Å². The highest BCUT2D eigenvalue weighted by Crippen LogP contribution is 2.37. The summed E-state index contributed by atoms with van der Waals surface area (Å²) in [6.45, 7) is 22.7. The maximum atomic E-state index is 11.9. The van der Waals surface area contributed by atoms with Gasteiger partial charge in [0.25, 0.3) is 0 Å². The molecule has 2 heterocycles. The van der Waals surface area contributed by atoms with Crippen molar-refractivity contribution in [3.05, 3.63) is 23.3 Å². The van der Waals surface area contributed by atoms with Gasteiger partial charge in [-0.3, -0.25) is 4.90 Å². The predicted molar refractivity (Wildman–Crippen MR) is 157 cm³/mol. The highest BCUT2D eigenvalue weighted by Gasteiger charge is 2.30. The summed E-state index contributed by atoms with van der Waals surface area (Å²) >= 11 is 1.28. The highest BCUT2D eigenvalue weighted by molar-refractivity contribution is 7.80. The number of piperidine rings is 1. The molecule has 3 rings (SSSR count). The Morgan fingerprint density at radius 1 is 1.08 bits per heavy atom. The first kappa shape index (κ1) is 29.7. The number of aromatic nitrogens is 1. The lowest BCUT2D eigenvalue weighted by Gasteiger charge is -2.32. The lowest BCUT2D eigenvalue weighted by molar-refractivity contribution is 0.0522. The van der Waals surface area contributed by atoms with Crippen LogP contribution in [0.2, 0.25) is 0 Å². The molecule has 1 aliphatic rings. The minimum Gasteiger partial charge on any atom is -0.508 e. The number of amides is 1. The quantitative estimate of drug-likeness (QED) is 0.279. The fraction of sp³-hybridized carbons (Fsp3) is 0.700. The van der Waals surface area contributed by atoms with Crippen LogP contribution in [0.25, 0.3) is 10.9 Å². The number of rotatable bonds is 7. The van der Waals surface area contributed by atoms with Gasteiger partial charge in [-0.05, 0) is 104 Å². The van der Waals surface area contributed by atoms with Gasteiger partial charge >= 0.3 is 6.09 Å². The Balaban J connectivity index is 1.68. The zero-order chi connectivity index (χ0) is 27.6. The number of thiol groups is 1. The van der Waals surface area contributed by atoms with Crippen molar-refractivity contribution in [3.8, 4) is 5.75 Å². The summed E-state index contributed by atoms with van der Waals surface area (Å²) in [5.74, 6) is 0.968. The number of carbonyl (C=O) groups is 1. The Morgan fingerprint density at radius 3 is 2.30 bits per heavy atom. The molecule has 1 saturated heterocycles. The number of hydrogen-bond donors (Lipinski definition) is 3. The van der Waals surface area contributed by atoms with E-state index in [0.29, 0.717) is 18.2 Å². The third-order valence-electron chi connectivity index (χ3n) is 6.61. The molecule has 0 bridgehead atoms. The fourth-order valence-electron chi connectivity index (χ4n) is 5.00. The van der Waals surface area contributed by atoms with Gasteiger partial charge in [0, 0.05) is 41.4 Å². The number of phenolic OH excluding ortho intramolecular Hbond substituents is 1. The van der Waals surface area contributed by atoms with Gasteiger partial charge in [-0.2, -0.15) is 0 Å². The number of ether oxygens (including phenoxy) is 1. The van der Waals surface area contributed by atoms with Gasteiger partial charge in [0.1, 0.15) is 16.1 Å². The standard InChI is InChI=1S/C30H49N3O3S/c1-28(2,3)18-22-21-10-11-24(34)23(25(21)32-26(22)37-30(7,8)9)19-33-16-13-20(14-17-33)12-15-31-27(35)36-29(4,5)6/h10-11,20,32,34H,12-19H2,1-9H3,(H,31,35)/p+1. The van der Waals surface area contributed by atoms with Crippen LogP contribution in [0.4, 0.5) is 4.79 Å². The first-order valence-corrected chi connectivity index (χ1v) is 14.7. The van der Waals surface area contributed by atoms with Gasteiger partial charge in [-0.25, -0.2) is 4.79 Å². The number of likely N-dealkylation sites (tertiary alicyclic amines) is 1. The number of nitrogens with one attached hydrogen (secondary N) is 2. The van der Waals surface area contributed by atoms with Gasteiger partial charge < -0.3 is 20.1 Å². The van der Waals surface area contributed by atoms with E-state index in [2.05, 4.69) is 62.8 Å². The molecule has 6 nitrogen and oxygen atoms in total. The number of aromatic amines is 1. The minimum absolute atomic E-state index is 0.149. The molecule has 0 aliphatic carbocycles. The Morgan fingerprint density at radius 2 is 1.73 bits per heavy atom. The second-order valence-electron chi connectivity index (χ2n) is 13.9. The molecule has 1 fully saturated rings. The van der Waals surface area contributed by atoms with Crippen molar-refractivity contribution in [1.29, 1.82) is 0 Å². The van der Waals surface area contributed by atoms with Crippen molar-refractivity contribution < 1.29 is 14.6 Å². The van der Waals surface area contributed by atoms with Crippen molar-refractivity contribution in [1.82, 2.24) is 15.2 Å². The maximum Gasteiger partial charge on any atom is 0.407 e. The number of fused-ring (bicyclic) bond motifs is 1. The molecule has 0 saturated carbocycles. The van der Waals surface area contributed by atoms with Gasteiger partial charge in [0.2, 0.25) is 5.03 Å². The predicted octanol–water partition coefficient (Wildman–Crippen LogP) is 6.56. The fourth-order valence-corrected chi connectivity index (χ4v) is 6.18. The van der Waals surface area contributed by atoms with E-state index in [1.165, 1.54) is 27.7 Å². The highest BCUT2D eigenvalue weighted by atomic mass is 32.2.